The van der Waals surface area contributed by atoms with Crippen molar-refractivity contribution >= 4 is 5.91 Å². The quantitative estimate of drug-likeness (QED) is 0.729. The summed E-state index contributed by atoms with van der Waals surface area (Å²) >= 11 is 0. The van der Waals surface area contributed by atoms with E-state index in [1.165, 1.54) is 0 Å². The number of methoxy groups -OCH3 is 1. The van der Waals surface area contributed by atoms with Gasteiger partial charge in [0.1, 0.15) is 0 Å². The van der Waals surface area contributed by atoms with Crippen LogP contribution in [0.4, 0.5) is 0 Å². The SMILES string of the molecule is COCCN(C)C(=O)C1(CN)CCCC1. The molecule has 88 valence electrons. The number of amides is 1. The van der Waals surface area contributed by atoms with Gasteiger partial charge in [-0.05, 0) is 12.8 Å². The van der Waals surface area contributed by atoms with Crippen LogP contribution in [0.15, 0.2) is 0 Å². The van der Waals surface area contributed by atoms with Crippen LogP contribution in [0.5, 0.6) is 0 Å². The molecule has 0 aliphatic heterocycles. The van der Waals surface area contributed by atoms with Crippen molar-refractivity contribution in [3.63, 3.8) is 0 Å². The highest BCUT2D eigenvalue weighted by Crippen LogP contribution is 2.38. The fourth-order valence-corrected chi connectivity index (χ4v) is 2.29. The minimum Gasteiger partial charge on any atom is -0.383 e. The van der Waals surface area contributed by atoms with Crippen molar-refractivity contribution in [3.05, 3.63) is 0 Å². The molecule has 1 amide bonds. The molecular weight excluding hydrogens is 192 g/mol. The Kier molecular flexibility index (Phi) is 4.54. The highest BCUT2D eigenvalue weighted by atomic mass is 16.5. The summed E-state index contributed by atoms with van der Waals surface area (Å²) in [4.78, 5) is 13.9. The molecule has 15 heavy (non-hydrogen) atoms. The first-order chi connectivity index (χ1) is 7.16. The molecule has 0 bridgehead atoms. The number of ether oxygens (including phenoxy) is 1. The molecular formula is C11H22N2O2. The predicted octanol–water partition coefficient (Wildman–Crippen LogP) is 0.610. The first kappa shape index (κ1) is 12.5. The maximum Gasteiger partial charge on any atom is 0.229 e. The van der Waals surface area contributed by atoms with Crippen molar-refractivity contribution in [2.75, 3.05) is 33.9 Å². The number of hydrogen-bond acceptors (Lipinski definition) is 3. The smallest absolute Gasteiger partial charge is 0.229 e. The average Bonchev–Trinajstić information content (AvgIpc) is 2.74. The van der Waals surface area contributed by atoms with Gasteiger partial charge in [0.25, 0.3) is 0 Å². The summed E-state index contributed by atoms with van der Waals surface area (Å²) in [5.74, 6) is 0.194. The topological polar surface area (TPSA) is 55.6 Å². The van der Waals surface area contributed by atoms with Crippen LogP contribution >= 0.6 is 0 Å². The Morgan fingerprint density at radius 2 is 2.07 bits per heavy atom. The van der Waals surface area contributed by atoms with Crippen LogP contribution in [0.2, 0.25) is 0 Å². The Labute approximate surface area is 91.8 Å². The summed E-state index contributed by atoms with van der Waals surface area (Å²) < 4.78 is 4.97. The second kappa shape index (κ2) is 5.47. The Bertz CT molecular complexity index is 213. The number of carbonyl (C=O) groups excluding carboxylic acids is 1. The van der Waals surface area contributed by atoms with Crippen LogP contribution in [0.25, 0.3) is 0 Å². The van der Waals surface area contributed by atoms with E-state index in [9.17, 15) is 4.79 Å². The molecule has 2 N–H and O–H groups in total. The van der Waals surface area contributed by atoms with Crippen molar-refractivity contribution in [2.24, 2.45) is 11.1 Å². The van der Waals surface area contributed by atoms with Crippen LogP contribution in [0, 0.1) is 5.41 Å². The average molecular weight is 214 g/mol. The monoisotopic (exact) mass is 214 g/mol. The Morgan fingerprint density at radius 3 is 2.53 bits per heavy atom. The minimum absolute atomic E-state index is 0.194. The fraction of sp³-hybridized carbons (Fsp3) is 0.909. The number of nitrogens with zero attached hydrogens (tertiary/aromatic N) is 1. The minimum atomic E-state index is -0.275. The number of carbonyl (C=O) groups is 1. The summed E-state index contributed by atoms with van der Waals surface area (Å²) in [5.41, 5.74) is 5.48. The summed E-state index contributed by atoms with van der Waals surface area (Å²) in [5, 5.41) is 0. The van der Waals surface area contributed by atoms with Crippen molar-refractivity contribution < 1.29 is 9.53 Å². The summed E-state index contributed by atoms with van der Waals surface area (Å²) in [6, 6.07) is 0. The van der Waals surface area contributed by atoms with Crippen LogP contribution < -0.4 is 5.73 Å². The molecule has 4 nitrogen and oxygen atoms in total. The van der Waals surface area contributed by atoms with Gasteiger partial charge >= 0.3 is 0 Å². The van der Waals surface area contributed by atoms with Gasteiger partial charge in [0.15, 0.2) is 0 Å². The molecule has 0 spiro atoms. The van der Waals surface area contributed by atoms with Crippen molar-refractivity contribution in [1.29, 1.82) is 0 Å². The lowest BCUT2D eigenvalue weighted by Gasteiger charge is -2.31. The van der Waals surface area contributed by atoms with Gasteiger partial charge in [0.05, 0.1) is 12.0 Å². The molecule has 0 saturated heterocycles. The van der Waals surface area contributed by atoms with Gasteiger partial charge in [-0.1, -0.05) is 12.8 Å². The normalized spacial score (nSPS) is 19.1. The molecule has 1 saturated carbocycles. The van der Waals surface area contributed by atoms with Crippen molar-refractivity contribution in [2.45, 2.75) is 25.7 Å². The zero-order valence-corrected chi connectivity index (χ0v) is 9.79. The largest absolute Gasteiger partial charge is 0.383 e. The van der Waals surface area contributed by atoms with Gasteiger partial charge in [0.2, 0.25) is 5.91 Å². The maximum atomic E-state index is 12.2. The summed E-state index contributed by atoms with van der Waals surface area (Å²) in [6.45, 7) is 1.71. The van der Waals surface area contributed by atoms with Crippen LogP contribution in [-0.4, -0.2) is 44.7 Å². The fourth-order valence-electron chi connectivity index (χ4n) is 2.29. The third-order valence-electron chi connectivity index (χ3n) is 3.38. The van der Waals surface area contributed by atoms with E-state index in [0.29, 0.717) is 19.7 Å². The van der Waals surface area contributed by atoms with E-state index in [4.69, 9.17) is 10.5 Å². The van der Waals surface area contributed by atoms with Crippen LogP contribution in [0.1, 0.15) is 25.7 Å². The maximum absolute atomic E-state index is 12.2. The Morgan fingerprint density at radius 1 is 1.47 bits per heavy atom. The molecule has 1 fully saturated rings. The second-order valence-corrected chi connectivity index (χ2v) is 4.41. The van der Waals surface area contributed by atoms with Gasteiger partial charge in [-0.2, -0.15) is 0 Å². The van der Waals surface area contributed by atoms with E-state index in [1.807, 2.05) is 7.05 Å². The van der Waals surface area contributed by atoms with E-state index in [1.54, 1.807) is 12.0 Å². The number of likely N-dealkylation sites (N-methyl/N-ethyl adjacent to an activating group) is 1. The summed E-state index contributed by atoms with van der Waals surface area (Å²) in [7, 11) is 3.48. The van der Waals surface area contributed by atoms with E-state index < -0.39 is 0 Å². The first-order valence-electron chi connectivity index (χ1n) is 5.61. The van der Waals surface area contributed by atoms with Crippen molar-refractivity contribution in [1.82, 2.24) is 4.90 Å². The molecule has 0 radical (unpaired) electrons. The lowest BCUT2D eigenvalue weighted by molar-refractivity contribution is -0.140. The molecule has 0 atom stereocenters. The third kappa shape index (κ3) is 2.69. The standard InChI is InChI=1S/C11H22N2O2/c1-13(7-8-15-2)10(14)11(9-12)5-3-4-6-11/h3-9,12H2,1-2H3. The van der Waals surface area contributed by atoms with Gasteiger partial charge in [-0.15, -0.1) is 0 Å². The van der Waals surface area contributed by atoms with Gasteiger partial charge in [-0.3, -0.25) is 4.79 Å². The van der Waals surface area contributed by atoms with E-state index >= 15 is 0 Å². The van der Waals surface area contributed by atoms with E-state index in [-0.39, 0.29) is 11.3 Å². The zero-order valence-electron chi connectivity index (χ0n) is 9.79. The molecule has 1 rings (SSSR count). The number of nitrogens with two attached hydrogens (primary N) is 1. The molecule has 0 aromatic rings. The third-order valence-corrected chi connectivity index (χ3v) is 3.38. The molecule has 1 aliphatic carbocycles. The summed E-state index contributed by atoms with van der Waals surface area (Å²) in [6.07, 6.45) is 4.14. The Hall–Kier alpha value is -0.610. The first-order valence-corrected chi connectivity index (χ1v) is 5.61. The van der Waals surface area contributed by atoms with E-state index in [2.05, 4.69) is 0 Å². The van der Waals surface area contributed by atoms with Crippen LogP contribution in [0.3, 0.4) is 0 Å². The molecule has 4 heteroatoms. The lowest BCUT2D eigenvalue weighted by Crippen LogP contribution is -2.45. The highest BCUT2D eigenvalue weighted by molar-refractivity contribution is 5.83. The van der Waals surface area contributed by atoms with E-state index in [0.717, 1.165) is 25.7 Å². The van der Waals surface area contributed by atoms with Gasteiger partial charge in [-0.25, -0.2) is 0 Å². The highest BCUT2D eigenvalue weighted by Gasteiger charge is 2.41. The molecule has 1 aliphatic rings. The second-order valence-electron chi connectivity index (χ2n) is 4.41. The zero-order chi connectivity index (χ0) is 11.3. The Balaban J connectivity index is 2.56. The molecule has 0 aromatic carbocycles. The lowest BCUT2D eigenvalue weighted by atomic mass is 9.85. The molecule has 0 aromatic heterocycles. The molecule has 0 heterocycles. The van der Waals surface area contributed by atoms with Gasteiger partial charge in [0, 0.05) is 27.2 Å². The van der Waals surface area contributed by atoms with Crippen molar-refractivity contribution in [3.8, 4) is 0 Å². The number of hydrogen-bond donors (Lipinski definition) is 1. The predicted molar refractivity (Wildman–Crippen MR) is 59.5 cm³/mol. The number of rotatable bonds is 5. The van der Waals surface area contributed by atoms with Gasteiger partial charge < -0.3 is 15.4 Å². The molecule has 0 unspecified atom stereocenters. The van der Waals surface area contributed by atoms with Crippen LogP contribution in [-0.2, 0) is 9.53 Å².